The van der Waals surface area contributed by atoms with E-state index in [1.165, 1.54) is 12.1 Å². The van der Waals surface area contributed by atoms with E-state index in [1.54, 1.807) is 18.8 Å². The molecule has 0 fully saturated rings. The van der Waals surface area contributed by atoms with Crippen molar-refractivity contribution in [3.63, 3.8) is 0 Å². The van der Waals surface area contributed by atoms with Crippen molar-refractivity contribution < 1.29 is 13.5 Å². The second-order valence-corrected chi connectivity index (χ2v) is 4.61. The van der Waals surface area contributed by atoms with Crippen molar-refractivity contribution in [3.8, 4) is 5.75 Å². The number of benzene rings is 1. The zero-order valence-electron chi connectivity index (χ0n) is 11.7. The minimum Gasteiger partial charge on any atom is -0.481 e. The van der Waals surface area contributed by atoms with Gasteiger partial charge in [-0.15, -0.1) is 0 Å². The van der Waals surface area contributed by atoms with E-state index in [0.717, 1.165) is 11.4 Å². The molecule has 0 aliphatic heterocycles. The lowest BCUT2D eigenvalue weighted by Gasteiger charge is -2.10. The number of nitrogens with zero attached hydrogens (tertiary/aromatic N) is 2. The van der Waals surface area contributed by atoms with Crippen LogP contribution in [0.1, 0.15) is 17.0 Å². The van der Waals surface area contributed by atoms with Crippen LogP contribution in [0.3, 0.4) is 0 Å². The predicted octanol–water partition coefficient (Wildman–Crippen LogP) is 2.31. The molecule has 0 saturated carbocycles. The quantitative estimate of drug-likeness (QED) is 0.914. The van der Waals surface area contributed by atoms with Crippen LogP contribution >= 0.6 is 0 Å². The SMILES string of the molecule is CNCc1cc(F)c(OCc2cc(C)nn2C)c(F)c1. The Morgan fingerprint density at radius 2 is 1.90 bits per heavy atom. The van der Waals surface area contributed by atoms with Crippen LogP contribution in [0.4, 0.5) is 8.78 Å². The predicted molar refractivity (Wildman–Crippen MR) is 71.4 cm³/mol. The van der Waals surface area contributed by atoms with Gasteiger partial charge in [0.05, 0.1) is 11.4 Å². The molecule has 0 spiro atoms. The van der Waals surface area contributed by atoms with E-state index in [2.05, 4.69) is 10.4 Å². The lowest BCUT2D eigenvalue weighted by molar-refractivity contribution is 0.265. The number of ether oxygens (including phenoxy) is 1. The molecule has 6 heteroatoms. The summed E-state index contributed by atoms with van der Waals surface area (Å²) in [4.78, 5) is 0. The Morgan fingerprint density at radius 1 is 1.25 bits per heavy atom. The first-order valence-corrected chi connectivity index (χ1v) is 6.26. The molecule has 0 aliphatic carbocycles. The van der Waals surface area contributed by atoms with Crippen molar-refractivity contribution in [1.82, 2.24) is 15.1 Å². The van der Waals surface area contributed by atoms with Crippen molar-refractivity contribution in [2.75, 3.05) is 7.05 Å². The summed E-state index contributed by atoms with van der Waals surface area (Å²) < 4.78 is 34.5. The van der Waals surface area contributed by atoms with Gasteiger partial charge in [0, 0.05) is 13.6 Å². The standard InChI is InChI=1S/C14H17F2N3O/c1-9-4-11(19(3)18-9)8-20-14-12(15)5-10(7-17-2)6-13(14)16/h4-6,17H,7-8H2,1-3H3. The number of aryl methyl sites for hydroxylation is 2. The summed E-state index contributed by atoms with van der Waals surface area (Å²) in [5.41, 5.74) is 2.11. The molecule has 4 nitrogen and oxygen atoms in total. The summed E-state index contributed by atoms with van der Waals surface area (Å²) in [5, 5.41) is 6.99. The van der Waals surface area contributed by atoms with Gasteiger partial charge in [-0.1, -0.05) is 0 Å². The Bertz CT molecular complexity index is 587. The normalized spacial score (nSPS) is 10.8. The first-order valence-electron chi connectivity index (χ1n) is 6.26. The Morgan fingerprint density at radius 3 is 2.40 bits per heavy atom. The summed E-state index contributed by atoms with van der Waals surface area (Å²) in [7, 11) is 3.47. The van der Waals surface area contributed by atoms with Crippen molar-refractivity contribution in [2.24, 2.45) is 7.05 Å². The largest absolute Gasteiger partial charge is 0.481 e. The zero-order valence-corrected chi connectivity index (χ0v) is 11.7. The van der Waals surface area contributed by atoms with E-state index in [1.807, 2.05) is 13.0 Å². The van der Waals surface area contributed by atoms with E-state index in [4.69, 9.17) is 4.74 Å². The average molecular weight is 281 g/mol. The maximum Gasteiger partial charge on any atom is 0.191 e. The van der Waals surface area contributed by atoms with Crippen LogP contribution in [0.15, 0.2) is 18.2 Å². The number of hydrogen-bond acceptors (Lipinski definition) is 3. The van der Waals surface area contributed by atoms with Crippen molar-refractivity contribution in [3.05, 3.63) is 46.8 Å². The molecule has 0 atom stereocenters. The molecule has 0 unspecified atom stereocenters. The third-order valence-corrected chi connectivity index (χ3v) is 2.90. The van der Waals surface area contributed by atoms with Crippen LogP contribution in [-0.2, 0) is 20.2 Å². The molecule has 2 rings (SSSR count). The highest BCUT2D eigenvalue weighted by Gasteiger charge is 2.13. The van der Waals surface area contributed by atoms with Gasteiger partial charge in [-0.3, -0.25) is 4.68 Å². The Labute approximate surface area is 116 Å². The van der Waals surface area contributed by atoms with Crippen LogP contribution in [0, 0.1) is 18.6 Å². The van der Waals surface area contributed by atoms with Crippen LogP contribution in [0.25, 0.3) is 0 Å². The minimum absolute atomic E-state index is 0.0660. The van der Waals surface area contributed by atoms with E-state index in [-0.39, 0.29) is 12.4 Å². The third-order valence-electron chi connectivity index (χ3n) is 2.90. The lowest BCUT2D eigenvalue weighted by atomic mass is 10.2. The lowest BCUT2D eigenvalue weighted by Crippen LogP contribution is -2.08. The fourth-order valence-corrected chi connectivity index (χ4v) is 2.00. The average Bonchev–Trinajstić information content (AvgIpc) is 2.67. The van der Waals surface area contributed by atoms with Crippen LogP contribution < -0.4 is 10.1 Å². The number of hydrogen-bond donors (Lipinski definition) is 1. The molecular weight excluding hydrogens is 264 g/mol. The van der Waals surface area contributed by atoms with Gasteiger partial charge >= 0.3 is 0 Å². The van der Waals surface area contributed by atoms with Crippen molar-refractivity contribution in [1.29, 1.82) is 0 Å². The molecule has 0 bridgehead atoms. The summed E-state index contributed by atoms with van der Waals surface area (Å²) in [5.74, 6) is -1.76. The molecule has 1 aromatic heterocycles. The summed E-state index contributed by atoms with van der Waals surface area (Å²) in [6.07, 6.45) is 0. The second-order valence-electron chi connectivity index (χ2n) is 4.61. The second kappa shape index (κ2) is 6.00. The third kappa shape index (κ3) is 3.14. The van der Waals surface area contributed by atoms with E-state index in [0.29, 0.717) is 12.1 Å². The fourth-order valence-electron chi connectivity index (χ4n) is 2.00. The molecule has 0 amide bonds. The summed E-state index contributed by atoms with van der Waals surface area (Å²) >= 11 is 0. The molecule has 1 aromatic carbocycles. The highest BCUT2D eigenvalue weighted by Crippen LogP contribution is 2.24. The Kier molecular flexibility index (Phi) is 4.34. The molecule has 0 radical (unpaired) electrons. The first kappa shape index (κ1) is 14.5. The van der Waals surface area contributed by atoms with Crippen molar-refractivity contribution in [2.45, 2.75) is 20.1 Å². The molecule has 1 N–H and O–H groups in total. The van der Waals surface area contributed by atoms with Crippen molar-refractivity contribution >= 4 is 0 Å². The highest BCUT2D eigenvalue weighted by atomic mass is 19.1. The minimum atomic E-state index is -0.700. The maximum absolute atomic E-state index is 13.8. The molecule has 0 aliphatic rings. The van der Waals surface area contributed by atoms with Gasteiger partial charge in [-0.2, -0.15) is 5.10 Å². The topological polar surface area (TPSA) is 39.1 Å². The monoisotopic (exact) mass is 281 g/mol. The summed E-state index contributed by atoms with van der Waals surface area (Å²) in [6, 6.07) is 4.35. The van der Waals surface area contributed by atoms with Gasteiger partial charge in [-0.25, -0.2) is 8.78 Å². The van der Waals surface area contributed by atoms with Gasteiger partial charge < -0.3 is 10.1 Å². The first-order chi connectivity index (χ1) is 9.51. The van der Waals surface area contributed by atoms with Crippen LogP contribution in [-0.4, -0.2) is 16.8 Å². The fraction of sp³-hybridized carbons (Fsp3) is 0.357. The Balaban J connectivity index is 2.15. The molecule has 0 saturated heterocycles. The number of rotatable bonds is 5. The van der Waals surface area contributed by atoms with Gasteiger partial charge in [0.15, 0.2) is 17.4 Å². The number of aromatic nitrogens is 2. The number of nitrogens with one attached hydrogen (secondary N) is 1. The molecule has 108 valence electrons. The number of halogens is 2. The van der Waals surface area contributed by atoms with E-state index in [9.17, 15) is 8.78 Å². The highest BCUT2D eigenvalue weighted by molar-refractivity contribution is 5.31. The van der Waals surface area contributed by atoms with Gasteiger partial charge in [-0.05, 0) is 37.7 Å². The van der Waals surface area contributed by atoms with Crippen LogP contribution in [0.2, 0.25) is 0 Å². The Hall–Kier alpha value is -1.95. The van der Waals surface area contributed by atoms with E-state index >= 15 is 0 Å². The smallest absolute Gasteiger partial charge is 0.191 e. The summed E-state index contributed by atoms with van der Waals surface area (Å²) in [6.45, 7) is 2.31. The van der Waals surface area contributed by atoms with Gasteiger partial charge in [0.25, 0.3) is 0 Å². The molecule has 1 heterocycles. The van der Waals surface area contributed by atoms with E-state index < -0.39 is 11.6 Å². The molecule has 2 aromatic rings. The van der Waals surface area contributed by atoms with Gasteiger partial charge in [0.1, 0.15) is 6.61 Å². The zero-order chi connectivity index (χ0) is 14.7. The van der Waals surface area contributed by atoms with Crippen LogP contribution in [0.5, 0.6) is 5.75 Å². The maximum atomic E-state index is 13.8. The van der Waals surface area contributed by atoms with Gasteiger partial charge in [0.2, 0.25) is 0 Å². The molecule has 20 heavy (non-hydrogen) atoms. The molecular formula is C14H17F2N3O.